The van der Waals surface area contributed by atoms with Gasteiger partial charge >= 0.3 is 0 Å². The van der Waals surface area contributed by atoms with Gasteiger partial charge in [0.15, 0.2) is 0 Å². The Labute approximate surface area is 109 Å². The highest BCUT2D eigenvalue weighted by atomic mass is 16.2. The molecule has 1 aromatic rings. The number of nitrogens with zero attached hydrogens (tertiary/aromatic N) is 1. The van der Waals surface area contributed by atoms with Gasteiger partial charge in [0.2, 0.25) is 5.91 Å². The summed E-state index contributed by atoms with van der Waals surface area (Å²) in [4.78, 5) is 14.2. The second-order valence-corrected chi connectivity index (χ2v) is 5.19. The number of amides is 1. The van der Waals surface area contributed by atoms with Crippen molar-refractivity contribution in [3.63, 3.8) is 0 Å². The molecule has 3 nitrogen and oxygen atoms in total. The van der Waals surface area contributed by atoms with Crippen molar-refractivity contribution in [3.05, 3.63) is 29.3 Å². The number of carbonyl (C=O) groups is 1. The van der Waals surface area contributed by atoms with E-state index < -0.39 is 0 Å². The molecule has 2 rings (SSSR count). The molecule has 1 amide bonds. The van der Waals surface area contributed by atoms with E-state index in [2.05, 4.69) is 30.4 Å². The predicted octanol–water partition coefficient (Wildman–Crippen LogP) is 2.41. The van der Waals surface area contributed by atoms with Gasteiger partial charge in [-0.05, 0) is 50.4 Å². The van der Waals surface area contributed by atoms with E-state index in [9.17, 15) is 4.79 Å². The van der Waals surface area contributed by atoms with E-state index in [1.54, 1.807) is 4.90 Å². The summed E-state index contributed by atoms with van der Waals surface area (Å²) in [7, 11) is 1.88. The summed E-state index contributed by atoms with van der Waals surface area (Å²) in [5, 5.41) is 3.31. The first-order chi connectivity index (χ1) is 8.59. The molecule has 1 saturated heterocycles. The molecule has 0 radical (unpaired) electrons. The molecule has 0 aliphatic carbocycles. The number of benzene rings is 1. The number of hydrogen-bond donors (Lipinski definition) is 1. The average Bonchev–Trinajstić information content (AvgIpc) is 2.41. The van der Waals surface area contributed by atoms with Crippen molar-refractivity contribution in [1.29, 1.82) is 0 Å². The SMILES string of the molecule is Cc1ccc(C)c(N(C)C(=O)C2CCCCN2)c1. The third kappa shape index (κ3) is 2.72. The number of carbonyl (C=O) groups excluding carboxylic acids is 1. The quantitative estimate of drug-likeness (QED) is 0.869. The fourth-order valence-corrected chi connectivity index (χ4v) is 2.50. The van der Waals surface area contributed by atoms with E-state index in [-0.39, 0.29) is 11.9 Å². The van der Waals surface area contributed by atoms with Gasteiger partial charge in [-0.2, -0.15) is 0 Å². The van der Waals surface area contributed by atoms with Gasteiger partial charge in [-0.25, -0.2) is 0 Å². The Kier molecular flexibility index (Phi) is 4.02. The van der Waals surface area contributed by atoms with Crippen LogP contribution in [0.4, 0.5) is 5.69 Å². The number of rotatable bonds is 2. The minimum absolute atomic E-state index is 0.0105. The average molecular weight is 246 g/mol. The third-order valence-corrected chi connectivity index (χ3v) is 3.66. The van der Waals surface area contributed by atoms with Gasteiger partial charge in [0.05, 0.1) is 6.04 Å². The van der Waals surface area contributed by atoms with Crippen molar-refractivity contribution >= 4 is 11.6 Å². The second kappa shape index (κ2) is 5.53. The van der Waals surface area contributed by atoms with Crippen LogP contribution in [0.5, 0.6) is 0 Å². The molecule has 0 saturated carbocycles. The van der Waals surface area contributed by atoms with E-state index in [4.69, 9.17) is 0 Å². The Hall–Kier alpha value is -1.35. The minimum atomic E-state index is -0.0105. The van der Waals surface area contributed by atoms with Gasteiger partial charge in [0.25, 0.3) is 0 Å². The Morgan fingerprint density at radius 2 is 2.11 bits per heavy atom. The van der Waals surface area contributed by atoms with Crippen molar-refractivity contribution in [1.82, 2.24) is 5.32 Å². The highest BCUT2D eigenvalue weighted by Gasteiger charge is 2.24. The van der Waals surface area contributed by atoms with Crippen LogP contribution in [-0.2, 0) is 4.79 Å². The number of aryl methyl sites for hydroxylation is 2. The normalized spacial score (nSPS) is 19.6. The molecule has 0 bridgehead atoms. The summed E-state index contributed by atoms with van der Waals surface area (Å²) in [6.07, 6.45) is 3.27. The molecular formula is C15H22N2O. The van der Waals surface area contributed by atoms with Gasteiger partial charge in [-0.1, -0.05) is 18.6 Å². The Bertz CT molecular complexity index is 436. The minimum Gasteiger partial charge on any atom is -0.314 e. The number of nitrogens with one attached hydrogen (secondary N) is 1. The van der Waals surface area contributed by atoms with Crippen LogP contribution < -0.4 is 10.2 Å². The van der Waals surface area contributed by atoms with Gasteiger partial charge in [0.1, 0.15) is 0 Å². The number of anilines is 1. The lowest BCUT2D eigenvalue weighted by Crippen LogP contribution is -2.47. The third-order valence-electron chi connectivity index (χ3n) is 3.66. The maximum absolute atomic E-state index is 12.4. The summed E-state index contributed by atoms with van der Waals surface area (Å²) < 4.78 is 0. The lowest BCUT2D eigenvalue weighted by molar-refractivity contribution is -0.120. The first-order valence-electron chi connectivity index (χ1n) is 6.68. The van der Waals surface area contributed by atoms with Crippen LogP contribution in [0, 0.1) is 13.8 Å². The maximum Gasteiger partial charge on any atom is 0.243 e. The van der Waals surface area contributed by atoms with Crippen LogP contribution in [0.15, 0.2) is 18.2 Å². The van der Waals surface area contributed by atoms with E-state index in [1.807, 2.05) is 14.0 Å². The molecule has 0 aromatic heterocycles. The molecule has 18 heavy (non-hydrogen) atoms. The molecule has 1 aliphatic rings. The van der Waals surface area contributed by atoms with Crippen LogP contribution in [0.2, 0.25) is 0 Å². The lowest BCUT2D eigenvalue weighted by Gasteiger charge is -2.28. The molecule has 98 valence electrons. The first-order valence-corrected chi connectivity index (χ1v) is 6.68. The van der Waals surface area contributed by atoms with Crippen LogP contribution in [-0.4, -0.2) is 25.5 Å². The largest absolute Gasteiger partial charge is 0.314 e. The molecule has 1 aliphatic heterocycles. The van der Waals surface area contributed by atoms with Gasteiger partial charge in [-0.3, -0.25) is 4.79 Å². The first kappa shape index (κ1) is 13.1. The van der Waals surface area contributed by atoms with Crippen molar-refractivity contribution in [2.75, 3.05) is 18.5 Å². The molecule has 1 N–H and O–H groups in total. The fraction of sp³-hybridized carbons (Fsp3) is 0.533. The fourth-order valence-electron chi connectivity index (χ4n) is 2.50. The maximum atomic E-state index is 12.4. The van der Waals surface area contributed by atoms with Crippen molar-refractivity contribution < 1.29 is 4.79 Å². The second-order valence-electron chi connectivity index (χ2n) is 5.19. The zero-order valence-electron chi connectivity index (χ0n) is 11.5. The Balaban J connectivity index is 2.16. The van der Waals surface area contributed by atoms with Crippen molar-refractivity contribution in [2.45, 2.75) is 39.2 Å². The highest BCUT2D eigenvalue weighted by Crippen LogP contribution is 2.22. The molecule has 1 aromatic carbocycles. The summed E-state index contributed by atoms with van der Waals surface area (Å²) in [6, 6.07) is 6.22. The van der Waals surface area contributed by atoms with Crippen LogP contribution in [0.25, 0.3) is 0 Å². The monoisotopic (exact) mass is 246 g/mol. The zero-order valence-corrected chi connectivity index (χ0v) is 11.5. The predicted molar refractivity (Wildman–Crippen MR) is 75.0 cm³/mol. The summed E-state index contributed by atoms with van der Waals surface area (Å²) >= 11 is 0. The molecule has 1 atom stereocenters. The zero-order chi connectivity index (χ0) is 13.1. The highest BCUT2D eigenvalue weighted by molar-refractivity contribution is 5.97. The standard InChI is InChI=1S/C15H22N2O/c1-11-7-8-12(2)14(10-11)17(3)15(18)13-6-4-5-9-16-13/h7-8,10,13,16H,4-6,9H2,1-3H3. The molecule has 0 spiro atoms. The van der Waals surface area contributed by atoms with E-state index in [0.29, 0.717) is 0 Å². The van der Waals surface area contributed by atoms with Crippen LogP contribution >= 0.6 is 0 Å². The topological polar surface area (TPSA) is 32.3 Å². The van der Waals surface area contributed by atoms with E-state index in [1.165, 1.54) is 12.0 Å². The summed E-state index contributed by atoms with van der Waals surface area (Å²) in [6.45, 7) is 5.06. The summed E-state index contributed by atoms with van der Waals surface area (Å²) in [5.74, 6) is 0.184. The number of likely N-dealkylation sites (N-methyl/N-ethyl adjacent to an activating group) is 1. The van der Waals surface area contributed by atoms with Crippen molar-refractivity contribution in [3.8, 4) is 0 Å². The van der Waals surface area contributed by atoms with Crippen molar-refractivity contribution in [2.24, 2.45) is 0 Å². The molecule has 1 fully saturated rings. The van der Waals surface area contributed by atoms with Gasteiger partial charge in [0, 0.05) is 12.7 Å². The molecule has 1 heterocycles. The van der Waals surface area contributed by atoms with Gasteiger partial charge in [-0.15, -0.1) is 0 Å². The van der Waals surface area contributed by atoms with E-state index in [0.717, 1.165) is 30.6 Å². The Morgan fingerprint density at radius 1 is 1.33 bits per heavy atom. The number of hydrogen-bond acceptors (Lipinski definition) is 2. The van der Waals surface area contributed by atoms with Crippen LogP contribution in [0.1, 0.15) is 30.4 Å². The van der Waals surface area contributed by atoms with Crippen LogP contribution in [0.3, 0.4) is 0 Å². The van der Waals surface area contributed by atoms with Gasteiger partial charge < -0.3 is 10.2 Å². The van der Waals surface area contributed by atoms with E-state index >= 15 is 0 Å². The lowest BCUT2D eigenvalue weighted by atomic mass is 10.0. The molecular weight excluding hydrogens is 224 g/mol. The molecule has 3 heteroatoms. The smallest absolute Gasteiger partial charge is 0.243 e. The Morgan fingerprint density at radius 3 is 2.78 bits per heavy atom. The molecule has 1 unspecified atom stereocenters. The number of piperidine rings is 1. The summed E-state index contributed by atoms with van der Waals surface area (Å²) in [5.41, 5.74) is 3.35.